The molecule has 0 saturated carbocycles. The maximum absolute atomic E-state index is 12.4. The Morgan fingerprint density at radius 3 is 2.56 bits per heavy atom. The number of ether oxygens (including phenoxy) is 1. The number of piperidine rings is 1. The van der Waals surface area contributed by atoms with E-state index in [0.717, 1.165) is 50.3 Å². The Morgan fingerprint density at radius 2 is 1.92 bits per heavy atom. The Balaban J connectivity index is 0.00000312. The molecule has 25 heavy (non-hydrogen) atoms. The molecule has 1 aliphatic rings. The molecule has 1 fully saturated rings. The molecule has 1 heterocycles. The fraction of sp³-hybridized carbons (Fsp3) is 0.650. The average molecular weight is 369 g/mol. The van der Waals surface area contributed by atoms with Crippen LogP contribution in [-0.2, 0) is 4.79 Å². The molecule has 0 aromatic heterocycles. The van der Waals surface area contributed by atoms with Crippen molar-refractivity contribution >= 4 is 18.3 Å². The van der Waals surface area contributed by atoms with Crippen molar-refractivity contribution in [3.63, 3.8) is 0 Å². The van der Waals surface area contributed by atoms with Crippen LogP contribution in [0.5, 0.6) is 5.75 Å². The van der Waals surface area contributed by atoms with Gasteiger partial charge in [-0.05, 0) is 75.4 Å². The lowest BCUT2D eigenvalue weighted by atomic mass is 9.96. The summed E-state index contributed by atoms with van der Waals surface area (Å²) in [6.45, 7) is 12.7. The standard InChI is InChI=1S/C20H32N2O2.ClH/c1-5-21-14-18-6-9-22(10-7-18)20(23)8-11-24-19-13-15(2)12-16(3)17(19)4;/h12-13,18,21H,5-11,14H2,1-4H3;1H. The molecule has 1 aliphatic heterocycles. The zero-order valence-electron chi connectivity index (χ0n) is 16.1. The molecule has 4 nitrogen and oxygen atoms in total. The van der Waals surface area contributed by atoms with Crippen molar-refractivity contribution in [1.29, 1.82) is 0 Å². The molecular formula is C20H33ClN2O2. The number of hydrogen-bond donors (Lipinski definition) is 1. The lowest BCUT2D eigenvalue weighted by Crippen LogP contribution is -2.41. The number of aryl methyl sites for hydroxylation is 2. The van der Waals surface area contributed by atoms with Crippen molar-refractivity contribution < 1.29 is 9.53 Å². The van der Waals surface area contributed by atoms with Gasteiger partial charge < -0.3 is 15.0 Å². The second-order valence-corrected chi connectivity index (χ2v) is 6.94. The summed E-state index contributed by atoms with van der Waals surface area (Å²) in [5.74, 6) is 1.84. The van der Waals surface area contributed by atoms with E-state index in [0.29, 0.717) is 18.9 Å². The predicted molar refractivity (Wildman–Crippen MR) is 106 cm³/mol. The van der Waals surface area contributed by atoms with E-state index in [9.17, 15) is 4.79 Å². The first-order chi connectivity index (χ1) is 11.5. The van der Waals surface area contributed by atoms with Gasteiger partial charge in [-0.1, -0.05) is 13.0 Å². The number of nitrogens with zero attached hydrogens (tertiary/aromatic N) is 1. The van der Waals surface area contributed by atoms with Gasteiger partial charge in [0.1, 0.15) is 5.75 Å². The minimum absolute atomic E-state index is 0. The number of rotatable bonds is 7. The molecule has 1 aromatic carbocycles. The Bertz CT molecular complexity index is 555. The van der Waals surface area contributed by atoms with Crippen LogP contribution >= 0.6 is 12.4 Å². The number of carbonyl (C=O) groups is 1. The number of nitrogens with one attached hydrogen (secondary N) is 1. The van der Waals surface area contributed by atoms with Crippen molar-refractivity contribution in [3.05, 3.63) is 28.8 Å². The molecule has 0 atom stereocenters. The summed E-state index contributed by atoms with van der Waals surface area (Å²) in [6, 6.07) is 4.21. The Morgan fingerprint density at radius 1 is 1.24 bits per heavy atom. The molecule has 0 spiro atoms. The quantitative estimate of drug-likeness (QED) is 0.798. The van der Waals surface area contributed by atoms with Gasteiger partial charge in [-0.25, -0.2) is 0 Å². The van der Waals surface area contributed by atoms with Crippen LogP contribution in [0.25, 0.3) is 0 Å². The second kappa shape index (κ2) is 10.7. The third-order valence-corrected chi connectivity index (χ3v) is 4.99. The predicted octanol–water partition coefficient (Wildman–Crippen LogP) is 3.65. The third-order valence-electron chi connectivity index (χ3n) is 4.99. The summed E-state index contributed by atoms with van der Waals surface area (Å²) >= 11 is 0. The van der Waals surface area contributed by atoms with Gasteiger partial charge in [0.15, 0.2) is 0 Å². The van der Waals surface area contributed by atoms with Crippen LogP contribution in [0, 0.1) is 26.7 Å². The summed E-state index contributed by atoms with van der Waals surface area (Å²) in [6.07, 6.45) is 2.68. The number of halogens is 1. The molecule has 0 bridgehead atoms. The number of likely N-dealkylation sites (tertiary alicyclic amines) is 1. The molecule has 5 heteroatoms. The molecule has 1 saturated heterocycles. The number of amides is 1. The van der Waals surface area contributed by atoms with Crippen LogP contribution in [-0.4, -0.2) is 43.6 Å². The monoisotopic (exact) mass is 368 g/mol. The van der Waals surface area contributed by atoms with E-state index in [1.165, 1.54) is 11.1 Å². The van der Waals surface area contributed by atoms with Gasteiger partial charge in [0, 0.05) is 13.1 Å². The summed E-state index contributed by atoms with van der Waals surface area (Å²) < 4.78 is 5.88. The van der Waals surface area contributed by atoms with Crippen LogP contribution < -0.4 is 10.1 Å². The highest BCUT2D eigenvalue weighted by atomic mass is 35.5. The first-order valence-corrected chi connectivity index (χ1v) is 9.20. The minimum atomic E-state index is 0. The summed E-state index contributed by atoms with van der Waals surface area (Å²) in [4.78, 5) is 14.4. The number of hydrogen-bond acceptors (Lipinski definition) is 3. The zero-order chi connectivity index (χ0) is 17.5. The van der Waals surface area contributed by atoms with E-state index in [2.05, 4.69) is 45.1 Å². The SMILES string of the molecule is CCNCC1CCN(C(=O)CCOc2cc(C)cc(C)c2C)CC1.Cl. The highest BCUT2D eigenvalue weighted by Crippen LogP contribution is 2.23. The summed E-state index contributed by atoms with van der Waals surface area (Å²) in [5.41, 5.74) is 3.60. The van der Waals surface area contributed by atoms with E-state index in [1.54, 1.807) is 0 Å². The first kappa shape index (κ1) is 21.8. The maximum atomic E-state index is 12.4. The van der Waals surface area contributed by atoms with Gasteiger partial charge in [-0.2, -0.15) is 0 Å². The molecule has 142 valence electrons. The van der Waals surface area contributed by atoms with Crippen LogP contribution in [0.1, 0.15) is 42.9 Å². The lowest BCUT2D eigenvalue weighted by molar-refractivity contribution is -0.133. The normalized spacial score (nSPS) is 15.0. The first-order valence-electron chi connectivity index (χ1n) is 9.20. The van der Waals surface area contributed by atoms with Gasteiger partial charge in [0.2, 0.25) is 5.91 Å². The van der Waals surface area contributed by atoms with Crippen LogP contribution in [0.4, 0.5) is 0 Å². The summed E-state index contributed by atoms with van der Waals surface area (Å²) in [5, 5.41) is 3.41. The van der Waals surface area contributed by atoms with Crippen LogP contribution in [0.3, 0.4) is 0 Å². The highest BCUT2D eigenvalue weighted by Gasteiger charge is 2.22. The Kier molecular flexibility index (Phi) is 9.30. The lowest BCUT2D eigenvalue weighted by Gasteiger charge is -2.32. The summed E-state index contributed by atoms with van der Waals surface area (Å²) in [7, 11) is 0. The fourth-order valence-electron chi connectivity index (χ4n) is 3.29. The molecule has 1 amide bonds. The molecule has 0 aliphatic carbocycles. The third kappa shape index (κ3) is 6.52. The number of carbonyl (C=O) groups excluding carboxylic acids is 1. The van der Waals surface area contributed by atoms with Crippen molar-refractivity contribution in [2.24, 2.45) is 5.92 Å². The van der Waals surface area contributed by atoms with Gasteiger partial charge >= 0.3 is 0 Å². The molecule has 2 rings (SSSR count). The van der Waals surface area contributed by atoms with Crippen molar-refractivity contribution in [1.82, 2.24) is 10.2 Å². The van der Waals surface area contributed by atoms with E-state index in [-0.39, 0.29) is 18.3 Å². The topological polar surface area (TPSA) is 41.6 Å². The van der Waals surface area contributed by atoms with Gasteiger partial charge in [0.05, 0.1) is 13.0 Å². The average Bonchev–Trinajstić information content (AvgIpc) is 2.57. The van der Waals surface area contributed by atoms with Crippen molar-refractivity contribution in [3.8, 4) is 5.75 Å². The minimum Gasteiger partial charge on any atom is -0.493 e. The number of benzene rings is 1. The fourth-order valence-corrected chi connectivity index (χ4v) is 3.29. The van der Waals surface area contributed by atoms with Crippen molar-refractivity contribution in [2.75, 3.05) is 32.8 Å². The zero-order valence-corrected chi connectivity index (χ0v) is 16.9. The van der Waals surface area contributed by atoms with Crippen LogP contribution in [0.2, 0.25) is 0 Å². The van der Waals surface area contributed by atoms with E-state index < -0.39 is 0 Å². The van der Waals surface area contributed by atoms with Gasteiger partial charge in [-0.3, -0.25) is 4.79 Å². The second-order valence-electron chi connectivity index (χ2n) is 6.94. The van der Waals surface area contributed by atoms with Crippen molar-refractivity contribution in [2.45, 2.75) is 47.0 Å². The molecular weight excluding hydrogens is 336 g/mol. The van der Waals surface area contributed by atoms with Gasteiger partial charge in [-0.15, -0.1) is 12.4 Å². The van der Waals surface area contributed by atoms with E-state index >= 15 is 0 Å². The van der Waals surface area contributed by atoms with Gasteiger partial charge in [0.25, 0.3) is 0 Å². The van der Waals surface area contributed by atoms with Crippen LogP contribution in [0.15, 0.2) is 12.1 Å². The largest absolute Gasteiger partial charge is 0.493 e. The molecule has 0 radical (unpaired) electrons. The Labute approximate surface area is 158 Å². The van der Waals surface area contributed by atoms with E-state index in [1.807, 2.05) is 4.90 Å². The van der Waals surface area contributed by atoms with E-state index in [4.69, 9.17) is 4.74 Å². The molecule has 1 aromatic rings. The molecule has 0 unspecified atom stereocenters. The molecule has 1 N–H and O–H groups in total. The maximum Gasteiger partial charge on any atom is 0.225 e. The Hall–Kier alpha value is -1.26. The smallest absolute Gasteiger partial charge is 0.225 e. The highest BCUT2D eigenvalue weighted by molar-refractivity contribution is 5.85.